The van der Waals surface area contributed by atoms with Gasteiger partial charge in [0.25, 0.3) is 0 Å². The highest BCUT2D eigenvalue weighted by molar-refractivity contribution is 5.75. The third-order valence-electron chi connectivity index (χ3n) is 2.15. The lowest BCUT2D eigenvalue weighted by molar-refractivity contribution is -0.159. The Morgan fingerprint density at radius 1 is 1.47 bits per heavy atom. The van der Waals surface area contributed by atoms with E-state index in [0.717, 1.165) is 0 Å². The molecule has 3 N–H and O–H groups in total. The zero-order chi connectivity index (χ0) is 13.0. The fourth-order valence-corrected chi connectivity index (χ4v) is 1.29. The first-order chi connectivity index (χ1) is 7.97. The minimum absolute atomic E-state index is 0.0931. The van der Waals surface area contributed by atoms with Crippen molar-refractivity contribution in [3.63, 3.8) is 0 Å². The first-order valence-corrected chi connectivity index (χ1v) is 5.16. The van der Waals surface area contributed by atoms with Gasteiger partial charge >= 0.3 is 5.97 Å². The van der Waals surface area contributed by atoms with Crippen LogP contribution >= 0.6 is 0 Å². The Bertz CT molecular complexity index is 407. The molecule has 6 heteroatoms. The Morgan fingerprint density at radius 3 is 2.71 bits per heavy atom. The van der Waals surface area contributed by atoms with Gasteiger partial charge in [0.1, 0.15) is 17.5 Å². The maximum atomic E-state index is 11.2. The zero-order valence-corrected chi connectivity index (χ0v) is 9.62. The van der Waals surface area contributed by atoms with Crippen molar-refractivity contribution in [2.24, 2.45) is 0 Å². The molecular weight excluding hydrogens is 226 g/mol. The predicted octanol–water partition coefficient (Wildman–Crippen LogP) is 0.0530. The van der Waals surface area contributed by atoms with E-state index in [-0.39, 0.29) is 18.1 Å². The predicted molar refractivity (Wildman–Crippen MR) is 58.2 cm³/mol. The third-order valence-corrected chi connectivity index (χ3v) is 2.15. The normalized spacial score (nSPS) is 14.1. The molecule has 0 saturated heterocycles. The molecule has 0 amide bonds. The molecule has 0 spiro atoms. The summed E-state index contributed by atoms with van der Waals surface area (Å²) in [5.74, 6) is -1.24. The number of carbonyl (C=O) groups is 1. The number of hydrogen-bond donors (Lipinski definition) is 3. The van der Waals surface area contributed by atoms with E-state index in [0.29, 0.717) is 5.69 Å². The minimum Gasteiger partial charge on any atom is -0.506 e. The van der Waals surface area contributed by atoms with E-state index in [4.69, 9.17) is 0 Å². The molecule has 0 aliphatic carbocycles. The minimum atomic E-state index is -1.77. The summed E-state index contributed by atoms with van der Waals surface area (Å²) in [6, 6.07) is 2.88. The van der Waals surface area contributed by atoms with Crippen molar-refractivity contribution in [2.75, 3.05) is 6.61 Å². The van der Waals surface area contributed by atoms with Crippen molar-refractivity contribution in [1.29, 1.82) is 0 Å². The Labute approximate surface area is 98.5 Å². The lowest BCUT2D eigenvalue weighted by atomic mass is 10.1. The van der Waals surface area contributed by atoms with Gasteiger partial charge in [-0.2, -0.15) is 0 Å². The molecule has 2 atom stereocenters. The number of rotatable bonds is 4. The largest absolute Gasteiger partial charge is 0.506 e. The van der Waals surface area contributed by atoms with Crippen molar-refractivity contribution >= 4 is 5.97 Å². The molecule has 94 valence electrons. The summed E-state index contributed by atoms with van der Waals surface area (Å²) in [7, 11) is 0. The molecule has 0 aliphatic rings. The van der Waals surface area contributed by atoms with Crippen molar-refractivity contribution in [1.82, 2.24) is 4.98 Å². The fourth-order valence-electron chi connectivity index (χ4n) is 1.29. The van der Waals surface area contributed by atoms with Crippen LogP contribution in [0.4, 0.5) is 0 Å². The Morgan fingerprint density at radius 2 is 2.12 bits per heavy atom. The second-order valence-electron chi connectivity index (χ2n) is 3.50. The molecule has 1 rings (SSSR count). The van der Waals surface area contributed by atoms with Gasteiger partial charge in [0.2, 0.25) is 0 Å². The van der Waals surface area contributed by atoms with Crippen LogP contribution in [0.15, 0.2) is 12.1 Å². The highest BCUT2D eigenvalue weighted by Gasteiger charge is 2.30. The van der Waals surface area contributed by atoms with Crippen LogP contribution in [-0.4, -0.2) is 39.0 Å². The van der Waals surface area contributed by atoms with E-state index in [9.17, 15) is 20.1 Å². The van der Waals surface area contributed by atoms with Crippen LogP contribution in [0.1, 0.15) is 24.4 Å². The Kier molecular flexibility index (Phi) is 4.42. The van der Waals surface area contributed by atoms with Gasteiger partial charge in [0, 0.05) is 5.69 Å². The number of aliphatic hydroxyl groups is 2. The molecule has 2 unspecified atom stereocenters. The van der Waals surface area contributed by atoms with Gasteiger partial charge in [-0.3, -0.25) is 4.98 Å². The Balaban J connectivity index is 2.91. The Hall–Kier alpha value is -1.66. The lowest BCUT2D eigenvalue weighted by Gasteiger charge is -2.17. The average molecular weight is 241 g/mol. The van der Waals surface area contributed by atoms with Gasteiger partial charge in [-0.05, 0) is 26.0 Å². The molecule has 0 radical (unpaired) electrons. The molecule has 17 heavy (non-hydrogen) atoms. The van der Waals surface area contributed by atoms with E-state index < -0.39 is 18.2 Å². The van der Waals surface area contributed by atoms with Gasteiger partial charge in [-0.25, -0.2) is 4.79 Å². The highest BCUT2D eigenvalue weighted by Crippen LogP contribution is 2.25. The number of esters is 1. The van der Waals surface area contributed by atoms with E-state index in [2.05, 4.69) is 9.72 Å². The highest BCUT2D eigenvalue weighted by atomic mass is 16.5. The molecule has 0 bridgehead atoms. The second kappa shape index (κ2) is 5.60. The SMILES string of the molecule is CCOC(=O)C(O)C(O)c1nc(C)ccc1O. The summed E-state index contributed by atoms with van der Waals surface area (Å²) in [4.78, 5) is 15.1. The quantitative estimate of drug-likeness (QED) is 0.644. The monoisotopic (exact) mass is 241 g/mol. The van der Waals surface area contributed by atoms with Crippen molar-refractivity contribution in [3.8, 4) is 5.75 Å². The van der Waals surface area contributed by atoms with Gasteiger partial charge in [0.15, 0.2) is 6.10 Å². The van der Waals surface area contributed by atoms with Crippen molar-refractivity contribution in [3.05, 3.63) is 23.5 Å². The number of aliphatic hydroxyl groups excluding tert-OH is 2. The number of nitrogens with zero attached hydrogens (tertiary/aromatic N) is 1. The molecule has 6 nitrogen and oxygen atoms in total. The molecular formula is C11H15NO5. The van der Waals surface area contributed by atoms with Crippen LogP contribution in [-0.2, 0) is 9.53 Å². The molecule has 1 aromatic heterocycles. The summed E-state index contributed by atoms with van der Waals surface area (Å²) in [6.07, 6.45) is -3.39. The van der Waals surface area contributed by atoms with Gasteiger partial charge in [0.05, 0.1) is 6.61 Å². The lowest BCUT2D eigenvalue weighted by Crippen LogP contribution is -2.30. The van der Waals surface area contributed by atoms with Crippen LogP contribution < -0.4 is 0 Å². The van der Waals surface area contributed by atoms with E-state index >= 15 is 0 Å². The zero-order valence-electron chi connectivity index (χ0n) is 9.62. The number of hydrogen-bond acceptors (Lipinski definition) is 6. The van der Waals surface area contributed by atoms with Crippen LogP contribution in [0.2, 0.25) is 0 Å². The standard InChI is InChI=1S/C11H15NO5/c1-3-17-11(16)10(15)9(14)8-7(13)5-4-6(2)12-8/h4-5,9-10,13-15H,3H2,1-2H3. The summed E-state index contributed by atoms with van der Waals surface area (Å²) >= 11 is 0. The van der Waals surface area contributed by atoms with Crippen LogP contribution in [0.5, 0.6) is 5.75 Å². The fraction of sp³-hybridized carbons (Fsp3) is 0.455. The smallest absolute Gasteiger partial charge is 0.338 e. The van der Waals surface area contributed by atoms with Gasteiger partial charge in [-0.1, -0.05) is 0 Å². The molecule has 0 aliphatic heterocycles. The van der Waals surface area contributed by atoms with Crippen LogP contribution in [0.3, 0.4) is 0 Å². The van der Waals surface area contributed by atoms with E-state index in [1.165, 1.54) is 6.07 Å². The molecule has 1 heterocycles. The number of aromatic nitrogens is 1. The first-order valence-electron chi connectivity index (χ1n) is 5.16. The summed E-state index contributed by atoms with van der Waals surface area (Å²) in [5.41, 5.74) is 0.401. The number of aromatic hydroxyl groups is 1. The maximum absolute atomic E-state index is 11.2. The number of pyridine rings is 1. The first kappa shape index (κ1) is 13.4. The van der Waals surface area contributed by atoms with Gasteiger partial charge < -0.3 is 20.1 Å². The van der Waals surface area contributed by atoms with E-state index in [1.54, 1.807) is 19.9 Å². The van der Waals surface area contributed by atoms with E-state index in [1.807, 2.05) is 0 Å². The molecule has 0 saturated carbocycles. The summed E-state index contributed by atoms with van der Waals surface area (Å²) < 4.78 is 4.56. The van der Waals surface area contributed by atoms with Crippen molar-refractivity contribution < 1.29 is 24.9 Å². The number of aryl methyl sites for hydroxylation is 1. The number of ether oxygens (including phenoxy) is 1. The summed E-state index contributed by atoms with van der Waals surface area (Å²) in [5, 5.41) is 28.7. The number of carbonyl (C=O) groups excluding carboxylic acids is 1. The topological polar surface area (TPSA) is 99.9 Å². The molecule has 0 fully saturated rings. The molecule has 0 aromatic carbocycles. The average Bonchev–Trinajstić information content (AvgIpc) is 2.30. The second-order valence-corrected chi connectivity index (χ2v) is 3.50. The summed E-state index contributed by atoms with van der Waals surface area (Å²) in [6.45, 7) is 3.33. The van der Waals surface area contributed by atoms with Crippen molar-refractivity contribution in [2.45, 2.75) is 26.1 Å². The van der Waals surface area contributed by atoms with Crippen LogP contribution in [0.25, 0.3) is 0 Å². The molecule has 1 aromatic rings. The third kappa shape index (κ3) is 3.15. The van der Waals surface area contributed by atoms with Crippen LogP contribution in [0, 0.1) is 6.92 Å². The maximum Gasteiger partial charge on any atom is 0.338 e. The van der Waals surface area contributed by atoms with Gasteiger partial charge in [-0.15, -0.1) is 0 Å².